The first-order chi connectivity index (χ1) is 8.86. The molecule has 0 aromatic carbocycles. The maximum Gasteiger partial charge on any atom is 0.418 e. The SMILES string of the molecule is COCCNCc1ccc(C(F)(F)F)c(C(C)C)n1. The molecule has 3 nitrogen and oxygen atoms in total. The van der Waals surface area contributed by atoms with Crippen LogP contribution in [0.1, 0.15) is 36.7 Å². The fraction of sp³-hybridized carbons (Fsp3) is 0.615. The molecule has 0 atom stereocenters. The molecule has 0 fully saturated rings. The fourth-order valence-electron chi connectivity index (χ4n) is 1.69. The van der Waals surface area contributed by atoms with Gasteiger partial charge in [-0.3, -0.25) is 4.98 Å². The minimum absolute atomic E-state index is 0.0959. The van der Waals surface area contributed by atoms with E-state index in [2.05, 4.69) is 10.3 Å². The second-order valence-corrected chi connectivity index (χ2v) is 4.56. The third kappa shape index (κ3) is 4.80. The zero-order chi connectivity index (χ0) is 14.5. The van der Waals surface area contributed by atoms with Crippen LogP contribution in [0.15, 0.2) is 12.1 Å². The van der Waals surface area contributed by atoms with Crippen LogP contribution in [-0.4, -0.2) is 25.2 Å². The van der Waals surface area contributed by atoms with E-state index in [-0.39, 0.29) is 11.6 Å². The topological polar surface area (TPSA) is 34.1 Å². The van der Waals surface area contributed by atoms with Crippen molar-refractivity contribution in [3.63, 3.8) is 0 Å². The van der Waals surface area contributed by atoms with Crippen LogP contribution in [0.4, 0.5) is 13.2 Å². The molecule has 0 saturated heterocycles. The molecule has 0 aliphatic rings. The van der Waals surface area contributed by atoms with E-state index in [0.29, 0.717) is 25.4 Å². The van der Waals surface area contributed by atoms with Gasteiger partial charge in [0.25, 0.3) is 0 Å². The monoisotopic (exact) mass is 276 g/mol. The van der Waals surface area contributed by atoms with Gasteiger partial charge < -0.3 is 10.1 Å². The number of hydrogen-bond donors (Lipinski definition) is 1. The molecular weight excluding hydrogens is 257 g/mol. The minimum Gasteiger partial charge on any atom is -0.383 e. The van der Waals surface area contributed by atoms with E-state index in [1.165, 1.54) is 6.07 Å². The molecule has 1 aromatic heterocycles. The predicted octanol–water partition coefficient (Wildman–Crippen LogP) is 2.96. The molecule has 1 heterocycles. The van der Waals surface area contributed by atoms with Gasteiger partial charge >= 0.3 is 6.18 Å². The smallest absolute Gasteiger partial charge is 0.383 e. The summed E-state index contributed by atoms with van der Waals surface area (Å²) in [4.78, 5) is 4.11. The highest BCUT2D eigenvalue weighted by Crippen LogP contribution is 2.34. The van der Waals surface area contributed by atoms with Crippen molar-refractivity contribution < 1.29 is 17.9 Å². The number of alkyl halides is 3. The number of rotatable bonds is 6. The van der Waals surface area contributed by atoms with Crippen LogP contribution in [0.3, 0.4) is 0 Å². The van der Waals surface area contributed by atoms with Gasteiger partial charge in [0.05, 0.1) is 23.6 Å². The molecule has 0 aliphatic heterocycles. The molecule has 19 heavy (non-hydrogen) atoms. The zero-order valence-corrected chi connectivity index (χ0v) is 11.3. The molecule has 0 spiro atoms. The largest absolute Gasteiger partial charge is 0.418 e. The Morgan fingerprint density at radius 1 is 1.32 bits per heavy atom. The van der Waals surface area contributed by atoms with Gasteiger partial charge in [0.15, 0.2) is 0 Å². The van der Waals surface area contributed by atoms with Crippen LogP contribution >= 0.6 is 0 Å². The van der Waals surface area contributed by atoms with E-state index in [1.807, 2.05) is 0 Å². The maximum absolute atomic E-state index is 12.8. The van der Waals surface area contributed by atoms with Crippen LogP contribution in [-0.2, 0) is 17.5 Å². The molecule has 0 unspecified atom stereocenters. The highest BCUT2D eigenvalue weighted by molar-refractivity contribution is 5.28. The number of halogens is 3. The second-order valence-electron chi connectivity index (χ2n) is 4.56. The molecule has 0 aliphatic carbocycles. The van der Waals surface area contributed by atoms with Gasteiger partial charge in [-0.2, -0.15) is 13.2 Å². The maximum atomic E-state index is 12.8. The summed E-state index contributed by atoms with van der Waals surface area (Å²) in [5, 5.41) is 3.06. The van der Waals surface area contributed by atoms with Crippen LogP contribution < -0.4 is 5.32 Å². The van der Waals surface area contributed by atoms with Gasteiger partial charge in [0.2, 0.25) is 0 Å². The summed E-state index contributed by atoms with van der Waals surface area (Å²) in [5.74, 6) is -0.268. The Kier molecular flexibility index (Phi) is 5.75. The Hall–Kier alpha value is -1.14. The molecule has 0 bridgehead atoms. The Morgan fingerprint density at radius 3 is 2.53 bits per heavy atom. The molecule has 0 saturated carbocycles. The Bertz CT molecular complexity index is 405. The molecule has 0 amide bonds. The number of nitrogens with one attached hydrogen (secondary N) is 1. The van der Waals surface area contributed by atoms with E-state index in [4.69, 9.17) is 4.74 Å². The first kappa shape index (κ1) is 15.9. The zero-order valence-electron chi connectivity index (χ0n) is 11.3. The molecule has 1 aromatic rings. The lowest BCUT2D eigenvalue weighted by atomic mass is 10.0. The van der Waals surface area contributed by atoms with E-state index in [1.54, 1.807) is 21.0 Å². The highest BCUT2D eigenvalue weighted by Gasteiger charge is 2.34. The molecule has 0 radical (unpaired) electrons. The van der Waals surface area contributed by atoms with Gasteiger partial charge in [0, 0.05) is 20.2 Å². The van der Waals surface area contributed by atoms with Crippen molar-refractivity contribution >= 4 is 0 Å². The third-order valence-electron chi connectivity index (χ3n) is 2.62. The van der Waals surface area contributed by atoms with E-state index < -0.39 is 11.7 Å². The van der Waals surface area contributed by atoms with Crippen molar-refractivity contribution in [1.29, 1.82) is 0 Å². The minimum atomic E-state index is -4.35. The summed E-state index contributed by atoms with van der Waals surface area (Å²) in [6.45, 7) is 5.04. The first-order valence-electron chi connectivity index (χ1n) is 6.13. The standard InChI is InChI=1S/C13H19F3N2O/c1-9(2)12-11(13(14,15)16)5-4-10(18-12)8-17-6-7-19-3/h4-5,9,17H,6-8H2,1-3H3. The molecule has 6 heteroatoms. The summed E-state index contributed by atoms with van der Waals surface area (Å²) in [5.41, 5.74) is 0.0505. The number of pyridine rings is 1. The fourth-order valence-corrected chi connectivity index (χ4v) is 1.69. The number of ether oxygens (including phenoxy) is 1. The molecule has 1 rings (SSSR count). The van der Waals surface area contributed by atoms with Crippen molar-refractivity contribution in [2.24, 2.45) is 0 Å². The van der Waals surface area contributed by atoms with Gasteiger partial charge in [-0.1, -0.05) is 13.8 Å². The van der Waals surface area contributed by atoms with Crippen molar-refractivity contribution in [3.8, 4) is 0 Å². The van der Waals surface area contributed by atoms with Crippen molar-refractivity contribution in [2.45, 2.75) is 32.5 Å². The van der Waals surface area contributed by atoms with Gasteiger partial charge in [-0.05, 0) is 18.1 Å². The van der Waals surface area contributed by atoms with Crippen LogP contribution in [0.5, 0.6) is 0 Å². The van der Waals surface area contributed by atoms with Crippen molar-refractivity contribution in [1.82, 2.24) is 10.3 Å². The number of nitrogens with zero attached hydrogens (tertiary/aromatic N) is 1. The van der Waals surface area contributed by atoms with Crippen LogP contribution in [0.25, 0.3) is 0 Å². The lowest BCUT2D eigenvalue weighted by molar-refractivity contribution is -0.138. The molecular formula is C13H19F3N2O. The summed E-state index contributed by atoms with van der Waals surface area (Å²) >= 11 is 0. The Balaban J connectivity index is 2.85. The van der Waals surface area contributed by atoms with E-state index >= 15 is 0 Å². The van der Waals surface area contributed by atoms with Crippen molar-refractivity contribution in [3.05, 3.63) is 29.1 Å². The van der Waals surface area contributed by atoms with Gasteiger partial charge in [-0.15, -0.1) is 0 Å². The van der Waals surface area contributed by atoms with Crippen molar-refractivity contribution in [2.75, 3.05) is 20.3 Å². The van der Waals surface area contributed by atoms with E-state index in [0.717, 1.165) is 6.07 Å². The lowest BCUT2D eigenvalue weighted by Gasteiger charge is -2.16. The van der Waals surface area contributed by atoms with Crippen LogP contribution in [0, 0.1) is 0 Å². The second kappa shape index (κ2) is 6.86. The normalized spacial score (nSPS) is 12.2. The average molecular weight is 276 g/mol. The summed E-state index contributed by atoms with van der Waals surface area (Å²) in [7, 11) is 1.59. The lowest BCUT2D eigenvalue weighted by Crippen LogP contribution is -2.20. The molecule has 1 N–H and O–H groups in total. The highest BCUT2D eigenvalue weighted by atomic mass is 19.4. The summed E-state index contributed by atoms with van der Waals surface area (Å²) < 4.78 is 43.3. The van der Waals surface area contributed by atoms with Crippen LogP contribution in [0.2, 0.25) is 0 Å². The van der Waals surface area contributed by atoms with E-state index in [9.17, 15) is 13.2 Å². The molecule has 108 valence electrons. The van der Waals surface area contributed by atoms with Gasteiger partial charge in [0.1, 0.15) is 0 Å². The quantitative estimate of drug-likeness (QED) is 0.811. The number of aromatic nitrogens is 1. The third-order valence-corrected chi connectivity index (χ3v) is 2.62. The number of hydrogen-bond acceptors (Lipinski definition) is 3. The first-order valence-corrected chi connectivity index (χ1v) is 6.13. The van der Waals surface area contributed by atoms with Gasteiger partial charge in [-0.25, -0.2) is 0 Å². The summed E-state index contributed by atoms with van der Waals surface area (Å²) in [6, 6.07) is 2.52. The average Bonchev–Trinajstić information content (AvgIpc) is 2.33. The number of methoxy groups -OCH3 is 1. The Labute approximate surface area is 111 Å². The predicted molar refractivity (Wildman–Crippen MR) is 66.9 cm³/mol. The summed E-state index contributed by atoms with van der Waals surface area (Å²) in [6.07, 6.45) is -4.35. The Morgan fingerprint density at radius 2 is 2.00 bits per heavy atom.